The highest BCUT2D eigenvalue weighted by Crippen LogP contribution is 2.34. The van der Waals surface area contributed by atoms with Crippen molar-refractivity contribution in [1.29, 1.82) is 0 Å². The van der Waals surface area contributed by atoms with E-state index in [1.165, 1.54) is 26.4 Å². The maximum Gasteiger partial charge on any atom is 0.258 e. The Balaban J connectivity index is 2.00. The average Bonchev–Trinajstić information content (AvgIpc) is 2.75. The van der Waals surface area contributed by atoms with E-state index in [9.17, 15) is 18.4 Å². The van der Waals surface area contributed by atoms with Gasteiger partial charge >= 0.3 is 0 Å². The van der Waals surface area contributed by atoms with Gasteiger partial charge in [0.15, 0.2) is 11.5 Å². The minimum absolute atomic E-state index is 0.131. The molecule has 3 rings (SSSR count). The monoisotopic (exact) mass is 404 g/mol. The van der Waals surface area contributed by atoms with Crippen molar-refractivity contribution >= 4 is 17.5 Å². The number of carbonyl (C=O) groups is 2. The maximum absolute atomic E-state index is 14.0. The Hall–Kier alpha value is -3.16. The summed E-state index contributed by atoms with van der Waals surface area (Å²) in [4.78, 5) is 27.3. The number of rotatable bonds is 5. The number of hydrogen-bond acceptors (Lipinski definition) is 4. The van der Waals surface area contributed by atoms with Gasteiger partial charge in [0.1, 0.15) is 11.6 Å². The van der Waals surface area contributed by atoms with Crippen LogP contribution >= 0.6 is 0 Å². The van der Waals surface area contributed by atoms with Crippen LogP contribution in [0.1, 0.15) is 40.0 Å². The summed E-state index contributed by atoms with van der Waals surface area (Å²) in [6.07, 6.45) is 2.85. The number of piperidine rings is 1. The van der Waals surface area contributed by atoms with E-state index in [0.717, 1.165) is 37.5 Å². The van der Waals surface area contributed by atoms with Gasteiger partial charge < -0.3 is 19.7 Å². The van der Waals surface area contributed by atoms with Crippen LogP contribution in [-0.2, 0) is 0 Å². The van der Waals surface area contributed by atoms with Crippen LogP contribution in [0.15, 0.2) is 30.3 Å². The summed E-state index contributed by atoms with van der Waals surface area (Å²) in [6.45, 7) is 1.22. The number of carbonyl (C=O) groups excluding carboxylic acids is 2. The number of nitrogens with one attached hydrogen (secondary N) is 1. The first kappa shape index (κ1) is 20.6. The summed E-state index contributed by atoms with van der Waals surface area (Å²) in [5.74, 6) is -2.15. The first-order valence-electron chi connectivity index (χ1n) is 9.26. The number of benzene rings is 2. The highest BCUT2D eigenvalue weighted by molar-refractivity contribution is 6.09. The second kappa shape index (κ2) is 8.89. The van der Waals surface area contributed by atoms with Crippen molar-refractivity contribution in [3.8, 4) is 11.5 Å². The van der Waals surface area contributed by atoms with Crippen LogP contribution in [0, 0.1) is 11.6 Å². The topological polar surface area (TPSA) is 67.9 Å². The number of hydrogen-bond donors (Lipinski definition) is 1. The van der Waals surface area contributed by atoms with Crippen LogP contribution in [0.2, 0.25) is 0 Å². The molecule has 2 aromatic rings. The minimum Gasteiger partial charge on any atom is -0.493 e. The summed E-state index contributed by atoms with van der Waals surface area (Å²) in [7, 11) is 2.86. The number of halogens is 2. The van der Waals surface area contributed by atoms with Crippen molar-refractivity contribution in [1.82, 2.24) is 4.90 Å². The SMILES string of the molecule is COc1cc(NC(=O)c2cc(F)ccc2F)c(C(=O)N2CCCCC2)cc1OC. The molecule has 1 heterocycles. The first-order chi connectivity index (χ1) is 13.9. The summed E-state index contributed by atoms with van der Waals surface area (Å²) in [5.41, 5.74) is -0.141. The Bertz CT molecular complexity index is 927. The van der Waals surface area contributed by atoms with E-state index in [-0.39, 0.29) is 22.9 Å². The molecule has 1 saturated heterocycles. The number of amides is 2. The van der Waals surface area contributed by atoms with Crippen molar-refractivity contribution in [2.24, 2.45) is 0 Å². The zero-order valence-corrected chi connectivity index (χ0v) is 16.3. The Kier molecular flexibility index (Phi) is 6.31. The lowest BCUT2D eigenvalue weighted by Crippen LogP contribution is -2.36. The van der Waals surface area contributed by atoms with Crippen molar-refractivity contribution in [3.63, 3.8) is 0 Å². The van der Waals surface area contributed by atoms with Crippen molar-refractivity contribution in [2.75, 3.05) is 32.6 Å². The molecule has 1 fully saturated rings. The van der Waals surface area contributed by atoms with Crippen LogP contribution in [0.4, 0.5) is 14.5 Å². The molecule has 6 nitrogen and oxygen atoms in total. The normalized spacial score (nSPS) is 13.7. The predicted molar refractivity (Wildman–Crippen MR) is 104 cm³/mol. The lowest BCUT2D eigenvalue weighted by atomic mass is 10.1. The molecule has 154 valence electrons. The van der Waals surface area contributed by atoms with E-state index < -0.39 is 23.1 Å². The third kappa shape index (κ3) is 4.47. The number of likely N-dealkylation sites (tertiary alicyclic amines) is 1. The Labute approximate surface area is 167 Å². The maximum atomic E-state index is 14.0. The van der Waals surface area contributed by atoms with Gasteiger partial charge in [-0.15, -0.1) is 0 Å². The molecule has 29 heavy (non-hydrogen) atoms. The van der Waals surface area contributed by atoms with Crippen molar-refractivity contribution < 1.29 is 27.8 Å². The molecule has 2 amide bonds. The summed E-state index contributed by atoms with van der Waals surface area (Å²) >= 11 is 0. The zero-order valence-electron chi connectivity index (χ0n) is 16.3. The van der Waals surface area contributed by atoms with Gasteiger partial charge in [-0.1, -0.05) is 0 Å². The third-order valence-electron chi connectivity index (χ3n) is 4.82. The molecule has 1 N–H and O–H groups in total. The Morgan fingerprint density at radius 3 is 2.24 bits per heavy atom. The van der Waals surface area contributed by atoms with Gasteiger partial charge in [0.05, 0.1) is 31.0 Å². The molecular weight excluding hydrogens is 382 g/mol. The largest absolute Gasteiger partial charge is 0.493 e. The molecule has 8 heteroatoms. The van der Waals surface area contributed by atoms with Gasteiger partial charge in [-0.3, -0.25) is 9.59 Å². The lowest BCUT2D eigenvalue weighted by molar-refractivity contribution is 0.0725. The molecule has 1 aliphatic heterocycles. The molecule has 0 atom stereocenters. The molecule has 1 aliphatic rings. The summed E-state index contributed by atoms with van der Waals surface area (Å²) in [5, 5.41) is 2.51. The number of ether oxygens (including phenoxy) is 2. The van der Waals surface area contributed by atoms with E-state index in [4.69, 9.17) is 9.47 Å². The second-order valence-corrected chi connectivity index (χ2v) is 6.68. The minimum atomic E-state index is -0.873. The number of nitrogens with zero attached hydrogens (tertiary/aromatic N) is 1. The second-order valence-electron chi connectivity index (χ2n) is 6.68. The van der Waals surface area contributed by atoms with Gasteiger partial charge in [0.25, 0.3) is 11.8 Å². The van der Waals surface area contributed by atoms with Gasteiger partial charge in [0, 0.05) is 19.2 Å². The first-order valence-corrected chi connectivity index (χ1v) is 9.26. The zero-order chi connectivity index (χ0) is 21.0. The molecule has 0 unspecified atom stereocenters. The van der Waals surface area contributed by atoms with Crippen molar-refractivity contribution in [2.45, 2.75) is 19.3 Å². The van der Waals surface area contributed by atoms with Crippen LogP contribution in [0.25, 0.3) is 0 Å². The fourth-order valence-electron chi connectivity index (χ4n) is 3.29. The van der Waals surface area contributed by atoms with Gasteiger partial charge in [-0.2, -0.15) is 0 Å². The van der Waals surface area contributed by atoms with Gasteiger partial charge in [0.2, 0.25) is 0 Å². The molecule has 0 aliphatic carbocycles. The van der Waals surface area contributed by atoms with Gasteiger partial charge in [-0.25, -0.2) is 8.78 Å². The molecule has 0 radical (unpaired) electrons. The fraction of sp³-hybridized carbons (Fsp3) is 0.333. The standard InChI is InChI=1S/C21H22F2N2O4/c1-28-18-11-15(21(27)25-8-4-3-5-9-25)17(12-19(18)29-2)24-20(26)14-10-13(22)6-7-16(14)23/h6-7,10-12H,3-5,8-9H2,1-2H3,(H,24,26). The molecule has 0 bridgehead atoms. The lowest BCUT2D eigenvalue weighted by Gasteiger charge is -2.28. The van der Waals surface area contributed by atoms with Crippen LogP contribution in [0.3, 0.4) is 0 Å². The molecule has 0 spiro atoms. The van der Waals surface area contributed by atoms with Crippen molar-refractivity contribution in [3.05, 3.63) is 53.1 Å². The van der Waals surface area contributed by atoms with E-state index in [1.54, 1.807) is 4.90 Å². The number of methoxy groups -OCH3 is 2. The summed E-state index contributed by atoms with van der Waals surface area (Å²) < 4.78 is 38.0. The fourth-order valence-corrected chi connectivity index (χ4v) is 3.29. The Morgan fingerprint density at radius 1 is 0.931 bits per heavy atom. The van der Waals surface area contributed by atoms with E-state index >= 15 is 0 Å². The molecule has 2 aromatic carbocycles. The quantitative estimate of drug-likeness (QED) is 0.822. The number of anilines is 1. The molecular formula is C21H22F2N2O4. The average molecular weight is 404 g/mol. The van der Waals surface area contributed by atoms with Crippen LogP contribution < -0.4 is 14.8 Å². The highest BCUT2D eigenvalue weighted by Gasteiger charge is 2.25. The van der Waals surface area contributed by atoms with Gasteiger partial charge in [-0.05, 0) is 43.5 Å². The smallest absolute Gasteiger partial charge is 0.258 e. The highest BCUT2D eigenvalue weighted by atomic mass is 19.1. The van der Waals surface area contributed by atoms with E-state index in [2.05, 4.69) is 5.32 Å². The molecule has 0 saturated carbocycles. The predicted octanol–water partition coefficient (Wildman–Crippen LogP) is 3.86. The molecule has 0 aromatic heterocycles. The van der Waals surface area contributed by atoms with Crippen LogP contribution in [-0.4, -0.2) is 44.0 Å². The van der Waals surface area contributed by atoms with Crippen LogP contribution in [0.5, 0.6) is 11.5 Å². The van der Waals surface area contributed by atoms with E-state index in [0.29, 0.717) is 18.8 Å². The Morgan fingerprint density at radius 2 is 1.59 bits per heavy atom. The van der Waals surface area contributed by atoms with E-state index in [1.807, 2.05) is 0 Å². The summed E-state index contributed by atoms with van der Waals surface area (Å²) in [6, 6.07) is 5.52. The third-order valence-corrected chi connectivity index (χ3v) is 4.82.